The molecule has 1 unspecified atom stereocenters. The monoisotopic (exact) mass is 297 g/mol. The van der Waals surface area contributed by atoms with Crippen LogP contribution in [-0.4, -0.2) is 42.0 Å². The van der Waals surface area contributed by atoms with E-state index >= 15 is 0 Å². The zero-order valence-electron chi connectivity index (χ0n) is 12.4. The summed E-state index contributed by atoms with van der Waals surface area (Å²) in [5.74, 6) is -0.0222. The molecule has 5 heteroatoms. The highest BCUT2D eigenvalue weighted by atomic mass is 16.2. The summed E-state index contributed by atoms with van der Waals surface area (Å²) >= 11 is 0. The van der Waals surface area contributed by atoms with Gasteiger partial charge in [-0.15, -0.1) is 0 Å². The maximum Gasteiger partial charge on any atom is 0.254 e. The number of H-pyrrole nitrogens is 1. The summed E-state index contributed by atoms with van der Waals surface area (Å²) in [5, 5.41) is 4.22. The van der Waals surface area contributed by atoms with Gasteiger partial charge in [0.05, 0.1) is 5.56 Å². The van der Waals surface area contributed by atoms with E-state index in [4.69, 9.17) is 0 Å². The van der Waals surface area contributed by atoms with Gasteiger partial charge in [-0.3, -0.25) is 9.59 Å². The predicted molar refractivity (Wildman–Crippen MR) is 85.0 cm³/mol. The molecule has 1 spiro atoms. The second-order valence-corrected chi connectivity index (χ2v) is 6.50. The predicted octanol–water partition coefficient (Wildman–Crippen LogP) is 1.35. The van der Waals surface area contributed by atoms with Crippen molar-refractivity contribution in [2.45, 2.75) is 12.8 Å². The molecule has 0 bridgehead atoms. The first-order valence-electron chi connectivity index (χ1n) is 7.79. The maximum absolute atomic E-state index is 12.9. The molecular weight excluding hydrogens is 278 g/mol. The van der Waals surface area contributed by atoms with Crippen molar-refractivity contribution in [3.63, 3.8) is 0 Å². The van der Waals surface area contributed by atoms with Crippen molar-refractivity contribution in [2.75, 3.05) is 26.2 Å². The van der Waals surface area contributed by atoms with E-state index in [1.54, 1.807) is 0 Å². The number of pyridine rings is 1. The lowest BCUT2D eigenvalue weighted by atomic mass is 9.86. The van der Waals surface area contributed by atoms with Crippen LogP contribution < -0.4 is 10.9 Å². The number of fused-ring (bicyclic) bond motifs is 1. The van der Waals surface area contributed by atoms with Gasteiger partial charge in [-0.05, 0) is 25.5 Å². The summed E-state index contributed by atoms with van der Waals surface area (Å²) in [6.45, 7) is 3.60. The van der Waals surface area contributed by atoms with Crippen LogP contribution >= 0.6 is 0 Å². The number of hydrogen-bond donors (Lipinski definition) is 2. The van der Waals surface area contributed by atoms with Crippen molar-refractivity contribution in [1.29, 1.82) is 0 Å². The number of nitrogens with zero attached hydrogens (tertiary/aromatic N) is 1. The largest absolute Gasteiger partial charge is 0.338 e. The molecule has 1 aromatic carbocycles. The number of nitrogens with one attached hydrogen (secondary N) is 2. The van der Waals surface area contributed by atoms with Gasteiger partial charge in [0.2, 0.25) is 5.56 Å². The Kier molecular flexibility index (Phi) is 3.04. The summed E-state index contributed by atoms with van der Waals surface area (Å²) in [5.41, 5.74) is 1.25. The number of aromatic nitrogens is 1. The molecule has 2 fully saturated rings. The maximum atomic E-state index is 12.9. The number of amides is 1. The van der Waals surface area contributed by atoms with Crippen LogP contribution in [0, 0.1) is 5.41 Å². The minimum absolute atomic E-state index is 0.0222. The third-order valence-corrected chi connectivity index (χ3v) is 5.04. The van der Waals surface area contributed by atoms with E-state index in [9.17, 15) is 9.59 Å². The zero-order valence-corrected chi connectivity index (χ0v) is 12.4. The molecule has 5 nitrogen and oxygen atoms in total. The van der Waals surface area contributed by atoms with E-state index in [0.29, 0.717) is 5.56 Å². The first kappa shape index (κ1) is 13.5. The molecule has 3 heterocycles. The van der Waals surface area contributed by atoms with Gasteiger partial charge in [0, 0.05) is 42.0 Å². The molecule has 0 radical (unpaired) electrons. The van der Waals surface area contributed by atoms with Gasteiger partial charge >= 0.3 is 0 Å². The molecule has 2 saturated heterocycles. The van der Waals surface area contributed by atoms with Gasteiger partial charge in [0.1, 0.15) is 0 Å². The first-order chi connectivity index (χ1) is 10.7. The molecule has 2 aliphatic rings. The van der Waals surface area contributed by atoms with E-state index < -0.39 is 0 Å². The van der Waals surface area contributed by atoms with Crippen molar-refractivity contribution in [2.24, 2.45) is 5.41 Å². The van der Waals surface area contributed by atoms with E-state index in [1.165, 1.54) is 6.07 Å². The van der Waals surface area contributed by atoms with Crippen molar-refractivity contribution < 1.29 is 4.79 Å². The number of hydrogen-bond acceptors (Lipinski definition) is 3. The highest BCUT2D eigenvalue weighted by Crippen LogP contribution is 2.36. The van der Waals surface area contributed by atoms with E-state index in [1.807, 2.05) is 29.2 Å². The fraction of sp³-hybridized carbons (Fsp3) is 0.412. The van der Waals surface area contributed by atoms with Crippen molar-refractivity contribution in [3.8, 4) is 0 Å². The quantitative estimate of drug-likeness (QED) is 0.835. The summed E-state index contributed by atoms with van der Waals surface area (Å²) in [6, 6.07) is 8.91. The molecule has 1 atom stereocenters. The summed E-state index contributed by atoms with van der Waals surface area (Å²) in [4.78, 5) is 29.4. The number of rotatable bonds is 1. The highest BCUT2D eigenvalue weighted by molar-refractivity contribution is 6.06. The van der Waals surface area contributed by atoms with Crippen LogP contribution in [0.4, 0.5) is 0 Å². The second kappa shape index (κ2) is 4.95. The number of likely N-dealkylation sites (tertiary alicyclic amines) is 1. The van der Waals surface area contributed by atoms with Crippen LogP contribution in [0.5, 0.6) is 0 Å². The molecule has 4 rings (SSSR count). The molecule has 22 heavy (non-hydrogen) atoms. The standard InChI is InChI=1S/C17H19N3O2/c21-15-9-13(12-3-1-2-4-14(12)19-15)16(22)20-8-6-17(11-20)5-7-18-10-17/h1-4,9,18H,5-8,10-11H2,(H,19,21). The minimum Gasteiger partial charge on any atom is -0.338 e. The van der Waals surface area contributed by atoms with Crippen molar-refractivity contribution >= 4 is 16.8 Å². The SMILES string of the molecule is O=C(c1cc(=O)[nH]c2ccccc12)N1CCC2(CCNC2)C1. The number of para-hydroxylation sites is 1. The zero-order chi connectivity index (χ0) is 15.2. The van der Waals surface area contributed by atoms with Crippen LogP contribution in [0.1, 0.15) is 23.2 Å². The van der Waals surface area contributed by atoms with Gasteiger partial charge in [0.15, 0.2) is 0 Å². The Bertz CT molecular complexity index is 790. The Labute approximate surface area is 128 Å². The number of aromatic amines is 1. The Morgan fingerprint density at radius 2 is 2.09 bits per heavy atom. The van der Waals surface area contributed by atoms with E-state index in [-0.39, 0.29) is 16.9 Å². The van der Waals surface area contributed by atoms with Gasteiger partial charge in [-0.25, -0.2) is 0 Å². The minimum atomic E-state index is -0.224. The van der Waals surface area contributed by atoms with Gasteiger partial charge in [-0.1, -0.05) is 18.2 Å². The lowest BCUT2D eigenvalue weighted by molar-refractivity contribution is 0.0777. The fourth-order valence-electron chi connectivity index (χ4n) is 3.80. The summed E-state index contributed by atoms with van der Waals surface area (Å²) in [6.07, 6.45) is 2.18. The number of carbonyl (C=O) groups is 1. The van der Waals surface area contributed by atoms with E-state index in [0.717, 1.165) is 49.9 Å². The van der Waals surface area contributed by atoms with Crippen LogP contribution in [0.25, 0.3) is 10.9 Å². The van der Waals surface area contributed by atoms with Crippen molar-refractivity contribution in [1.82, 2.24) is 15.2 Å². The molecule has 2 N–H and O–H groups in total. The van der Waals surface area contributed by atoms with Crippen LogP contribution in [0.3, 0.4) is 0 Å². The summed E-state index contributed by atoms with van der Waals surface area (Å²) in [7, 11) is 0. The Morgan fingerprint density at radius 3 is 2.91 bits per heavy atom. The van der Waals surface area contributed by atoms with E-state index in [2.05, 4.69) is 10.3 Å². The van der Waals surface area contributed by atoms with Crippen LogP contribution in [0.15, 0.2) is 35.1 Å². The molecule has 0 saturated carbocycles. The van der Waals surface area contributed by atoms with Gasteiger partial charge in [-0.2, -0.15) is 0 Å². The van der Waals surface area contributed by atoms with Crippen LogP contribution in [-0.2, 0) is 0 Å². The molecular formula is C17H19N3O2. The highest BCUT2D eigenvalue weighted by Gasteiger charge is 2.42. The molecule has 0 aliphatic carbocycles. The third kappa shape index (κ3) is 2.13. The van der Waals surface area contributed by atoms with Gasteiger partial charge in [0.25, 0.3) is 5.91 Å². The van der Waals surface area contributed by atoms with Crippen LogP contribution in [0.2, 0.25) is 0 Å². The third-order valence-electron chi connectivity index (χ3n) is 5.04. The lowest BCUT2D eigenvalue weighted by Gasteiger charge is -2.23. The number of carbonyl (C=O) groups excluding carboxylic acids is 1. The normalized spacial score (nSPS) is 24.5. The number of benzene rings is 1. The molecule has 2 aromatic rings. The topological polar surface area (TPSA) is 65.2 Å². The van der Waals surface area contributed by atoms with Crippen molar-refractivity contribution in [3.05, 3.63) is 46.2 Å². The first-order valence-corrected chi connectivity index (χ1v) is 7.79. The van der Waals surface area contributed by atoms with Gasteiger partial charge < -0.3 is 15.2 Å². The lowest BCUT2D eigenvalue weighted by Crippen LogP contribution is -2.33. The molecule has 1 aromatic heterocycles. The average Bonchev–Trinajstić information content (AvgIpc) is 3.16. The fourth-order valence-corrected chi connectivity index (χ4v) is 3.80. The Balaban J connectivity index is 1.70. The second-order valence-electron chi connectivity index (χ2n) is 6.50. The Morgan fingerprint density at radius 1 is 1.23 bits per heavy atom. The summed E-state index contributed by atoms with van der Waals surface area (Å²) < 4.78 is 0. The molecule has 2 aliphatic heterocycles. The molecule has 1 amide bonds. The smallest absolute Gasteiger partial charge is 0.254 e. The molecule has 114 valence electrons. The Hall–Kier alpha value is -2.14. The average molecular weight is 297 g/mol.